The molecule has 0 aliphatic heterocycles. The van der Waals surface area contributed by atoms with Crippen LogP contribution < -0.4 is 0 Å². The normalized spacial score (nSPS) is 11.2. The Morgan fingerprint density at radius 3 is 2.44 bits per heavy atom. The number of phenolic OH excluding ortho intramolecular Hbond substituents is 1. The van der Waals surface area contributed by atoms with E-state index in [-0.39, 0.29) is 11.7 Å². The van der Waals surface area contributed by atoms with Crippen LogP contribution in [0.5, 0.6) is 5.75 Å². The summed E-state index contributed by atoms with van der Waals surface area (Å²) in [4.78, 5) is 12.5. The third-order valence-corrected chi connectivity index (χ3v) is 3.65. The second kappa shape index (κ2) is 5.25. The van der Waals surface area contributed by atoms with E-state index >= 15 is 0 Å². The molecule has 88 valence electrons. The molecule has 0 fully saturated rings. The molecule has 0 unspecified atom stereocenters. The van der Waals surface area contributed by atoms with Gasteiger partial charge in [-0.2, -0.15) is 0 Å². The van der Waals surface area contributed by atoms with Crippen molar-refractivity contribution < 1.29 is 14.6 Å². The van der Waals surface area contributed by atoms with Crippen molar-refractivity contribution in [3.63, 3.8) is 0 Å². The molecular weight excluding hydrogens is 224 g/mol. The van der Waals surface area contributed by atoms with Crippen molar-refractivity contribution in [2.75, 3.05) is 12.9 Å². The lowest BCUT2D eigenvalue weighted by Crippen LogP contribution is -2.28. The summed E-state index contributed by atoms with van der Waals surface area (Å²) < 4.78 is 4.73. The number of hydrogen-bond acceptors (Lipinski definition) is 4. The van der Waals surface area contributed by atoms with E-state index in [9.17, 15) is 4.79 Å². The van der Waals surface area contributed by atoms with E-state index in [1.54, 1.807) is 23.9 Å². The molecule has 1 aromatic rings. The fraction of sp³-hybridized carbons (Fsp3) is 0.417. The number of thioether (sulfide) groups is 1. The Morgan fingerprint density at radius 2 is 1.94 bits per heavy atom. The number of carbonyl (C=O) groups excluding carboxylic acids is 1. The minimum absolute atomic E-state index is 0.209. The molecule has 16 heavy (non-hydrogen) atoms. The highest BCUT2D eigenvalue weighted by Crippen LogP contribution is 2.29. The molecule has 0 aliphatic rings. The standard InChI is InChI=1S/C12H16O3S/c1-12(2,11(14)15-3)8-16-10-6-4-9(13)5-7-10/h4-7,13H,8H2,1-3H3. The highest BCUT2D eigenvalue weighted by molar-refractivity contribution is 7.99. The zero-order valence-electron chi connectivity index (χ0n) is 9.69. The lowest BCUT2D eigenvalue weighted by atomic mass is 9.97. The Kier molecular flexibility index (Phi) is 4.24. The molecule has 0 spiro atoms. The van der Waals surface area contributed by atoms with E-state index in [1.807, 2.05) is 26.0 Å². The molecule has 3 nitrogen and oxygen atoms in total. The van der Waals surface area contributed by atoms with Gasteiger partial charge in [0.1, 0.15) is 5.75 Å². The van der Waals surface area contributed by atoms with Crippen molar-refractivity contribution in [3.05, 3.63) is 24.3 Å². The maximum absolute atomic E-state index is 11.4. The van der Waals surface area contributed by atoms with Gasteiger partial charge >= 0.3 is 5.97 Å². The smallest absolute Gasteiger partial charge is 0.312 e. The summed E-state index contributed by atoms with van der Waals surface area (Å²) in [5, 5.41) is 9.13. The fourth-order valence-electron chi connectivity index (χ4n) is 1.14. The predicted molar refractivity (Wildman–Crippen MR) is 64.6 cm³/mol. The van der Waals surface area contributed by atoms with Crippen LogP contribution in [0.25, 0.3) is 0 Å². The van der Waals surface area contributed by atoms with E-state index < -0.39 is 5.41 Å². The van der Waals surface area contributed by atoms with Crippen LogP contribution in [0, 0.1) is 5.41 Å². The highest BCUT2D eigenvalue weighted by Gasteiger charge is 2.28. The Balaban J connectivity index is 2.57. The first-order valence-corrected chi connectivity index (χ1v) is 5.94. The fourth-order valence-corrected chi connectivity index (χ4v) is 2.12. The number of methoxy groups -OCH3 is 1. The molecule has 0 amide bonds. The second-order valence-corrected chi connectivity index (χ2v) is 5.21. The Labute approximate surface area is 99.8 Å². The van der Waals surface area contributed by atoms with Crippen LogP contribution in [0.4, 0.5) is 0 Å². The maximum Gasteiger partial charge on any atom is 0.312 e. The molecule has 0 bridgehead atoms. The summed E-state index contributed by atoms with van der Waals surface area (Å²) in [5.74, 6) is 0.681. The largest absolute Gasteiger partial charge is 0.508 e. The molecular formula is C12H16O3S. The van der Waals surface area contributed by atoms with Crippen molar-refractivity contribution >= 4 is 17.7 Å². The minimum atomic E-state index is -0.503. The minimum Gasteiger partial charge on any atom is -0.508 e. The Morgan fingerprint density at radius 1 is 1.38 bits per heavy atom. The quantitative estimate of drug-likeness (QED) is 0.649. The van der Waals surface area contributed by atoms with E-state index in [4.69, 9.17) is 9.84 Å². The Hall–Kier alpha value is -1.16. The van der Waals surface area contributed by atoms with Gasteiger partial charge in [-0.3, -0.25) is 4.79 Å². The SMILES string of the molecule is COC(=O)C(C)(C)CSc1ccc(O)cc1. The van der Waals surface area contributed by atoms with E-state index in [0.29, 0.717) is 5.75 Å². The topological polar surface area (TPSA) is 46.5 Å². The molecule has 0 aliphatic carbocycles. The average Bonchev–Trinajstić information content (AvgIpc) is 2.27. The molecule has 1 aromatic carbocycles. The summed E-state index contributed by atoms with van der Waals surface area (Å²) in [6.45, 7) is 3.71. The molecule has 0 saturated carbocycles. The number of benzene rings is 1. The molecule has 4 heteroatoms. The van der Waals surface area contributed by atoms with Gasteiger partial charge < -0.3 is 9.84 Å². The number of phenols is 1. The number of esters is 1. The van der Waals surface area contributed by atoms with Gasteiger partial charge in [0, 0.05) is 10.6 Å². The number of aromatic hydroxyl groups is 1. The van der Waals surface area contributed by atoms with Gasteiger partial charge in [-0.25, -0.2) is 0 Å². The summed E-state index contributed by atoms with van der Waals surface area (Å²) >= 11 is 1.57. The summed E-state index contributed by atoms with van der Waals surface area (Å²) in [5.41, 5.74) is -0.503. The van der Waals surface area contributed by atoms with Crippen molar-refractivity contribution in [1.82, 2.24) is 0 Å². The van der Waals surface area contributed by atoms with Crippen LogP contribution in [0.15, 0.2) is 29.2 Å². The highest BCUT2D eigenvalue weighted by atomic mass is 32.2. The number of ether oxygens (including phenoxy) is 1. The molecule has 0 atom stereocenters. The molecule has 0 aromatic heterocycles. The number of carbonyl (C=O) groups is 1. The van der Waals surface area contributed by atoms with E-state index in [0.717, 1.165) is 4.90 Å². The number of rotatable bonds is 4. The lowest BCUT2D eigenvalue weighted by molar-refractivity contribution is -0.149. The molecule has 0 saturated heterocycles. The maximum atomic E-state index is 11.4. The molecule has 0 heterocycles. The van der Waals surface area contributed by atoms with E-state index in [1.165, 1.54) is 7.11 Å². The summed E-state index contributed by atoms with van der Waals surface area (Å²) in [6.07, 6.45) is 0. The monoisotopic (exact) mass is 240 g/mol. The zero-order valence-corrected chi connectivity index (χ0v) is 10.5. The average molecular weight is 240 g/mol. The third-order valence-electron chi connectivity index (χ3n) is 2.17. The first-order valence-electron chi connectivity index (χ1n) is 4.96. The van der Waals surface area contributed by atoms with E-state index in [2.05, 4.69) is 0 Å². The van der Waals surface area contributed by atoms with Crippen molar-refractivity contribution in [2.45, 2.75) is 18.7 Å². The van der Waals surface area contributed by atoms with Gasteiger partial charge in [0.25, 0.3) is 0 Å². The van der Waals surface area contributed by atoms with Gasteiger partial charge in [-0.05, 0) is 38.1 Å². The lowest BCUT2D eigenvalue weighted by Gasteiger charge is -2.20. The van der Waals surface area contributed by atoms with Crippen molar-refractivity contribution in [3.8, 4) is 5.75 Å². The van der Waals surface area contributed by atoms with Gasteiger partial charge in [0.15, 0.2) is 0 Å². The molecule has 1 N–H and O–H groups in total. The van der Waals surface area contributed by atoms with Crippen molar-refractivity contribution in [1.29, 1.82) is 0 Å². The van der Waals surface area contributed by atoms with Gasteiger partial charge in [0.05, 0.1) is 12.5 Å². The number of hydrogen-bond donors (Lipinski definition) is 1. The Bertz CT molecular complexity index is 357. The predicted octanol–water partition coefficient (Wildman–Crippen LogP) is 2.68. The van der Waals surface area contributed by atoms with Crippen LogP contribution in [0.2, 0.25) is 0 Å². The zero-order chi connectivity index (χ0) is 12.2. The summed E-state index contributed by atoms with van der Waals surface area (Å²) in [6, 6.07) is 6.92. The van der Waals surface area contributed by atoms with Crippen LogP contribution in [-0.4, -0.2) is 23.9 Å². The van der Waals surface area contributed by atoms with Crippen LogP contribution >= 0.6 is 11.8 Å². The van der Waals surface area contributed by atoms with Crippen molar-refractivity contribution in [2.24, 2.45) is 5.41 Å². The summed E-state index contributed by atoms with van der Waals surface area (Å²) in [7, 11) is 1.40. The van der Waals surface area contributed by atoms with Crippen LogP contribution in [-0.2, 0) is 9.53 Å². The van der Waals surface area contributed by atoms with Gasteiger partial charge in [-0.15, -0.1) is 11.8 Å². The second-order valence-electron chi connectivity index (χ2n) is 4.16. The van der Waals surface area contributed by atoms with Gasteiger partial charge in [0.2, 0.25) is 0 Å². The van der Waals surface area contributed by atoms with Crippen LogP contribution in [0.3, 0.4) is 0 Å². The van der Waals surface area contributed by atoms with Gasteiger partial charge in [-0.1, -0.05) is 0 Å². The first-order chi connectivity index (χ1) is 7.45. The third kappa shape index (κ3) is 3.45. The first kappa shape index (κ1) is 12.9. The van der Waals surface area contributed by atoms with Crippen LogP contribution in [0.1, 0.15) is 13.8 Å². The molecule has 1 rings (SSSR count). The molecule has 0 radical (unpaired) electrons.